The number of carbonyl (C=O) groups is 1. The number of halogens is 1. The molecule has 166 valence electrons. The number of rotatable bonds is 3. The van der Waals surface area contributed by atoms with Gasteiger partial charge in [0.2, 0.25) is 5.88 Å². The van der Waals surface area contributed by atoms with Crippen molar-refractivity contribution in [2.75, 3.05) is 23.9 Å². The summed E-state index contributed by atoms with van der Waals surface area (Å²) < 4.78 is 7.64. The van der Waals surface area contributed by atoms with Gasteiger partial charge in [0.1, 0.15) is 17.3 Å². The predicted octanol–water partition coefficient (Wildman–Crippen LogP) is 5.01. The topological polar surface area (TPSA) is 92.5 Å². The first-order valence-electron chi connectivity index (χ1n) is 10.3. The summed E-state index contributed by atoms with van der Waals surface area (Å²) in [4.78, 5) is 19.2. The molecular formula is C24H20BrN5O3. The lowest BCUT2D eigenvalue weighted by molar-refractivity contribution is 0.257. The molecule has 0 spiro atoms. The van der Waals surface area contributed by atoms with E-state index in [1.54, 1.807) is 24.3 Å². The first-order chi connectivity index (χ1) is 16.0. The van der Waals surface area contributed by atoms with Gasteiger partial charge in [0.15, 0.2) is 0 Å². The van der Waals surface area contributed by atoms with Crippen LogP contribution in [0.5, 0.6) is 11.6 Å². The third-order valence-corrected chi connectivity index (χ3v) is 6.03. The maximum atomic E-state index is 13.1. The zero-order chi connectivity index (χ0) is 22.9. The summed E-state index contributed by atoms with van der Waals surface area (Å²) in [6, 6.07) is 18.0. The summed E-state index contributed by atoms with van der Waals surface area (Å²) in [5.74, 6) is 1.25. The van der Waals surface area contributed by atoms with Gasteiger partial charge in [-0.05, 0) is 67.1 Å². The lowest BCUT2D eigenvalue weighted by atomic mass is 10.1. The summed E-state index contributed by atoms with van der Waals surface area (Å²) in [7, 11) is 1.60. The van der Waals surface area contributed by atoms with Crippen molar-refractivity contribution >= 4 is 33.5 Å². The molecule has 0 bridgehead atoms. The van der Waals surface area contributed by atoms with Crippen LogP contribution in [0.4, 0.5) is 16.3 Å². The average molecular weight is 506 g/mol. The van der Waals surface area contributed by atoms with Crippen molar-refractivity contribution in [3.05, 3.63) is 76.9 Å². The Bertz CT molecular complexity index is 1320. The highest BCUT2D eigenvalue weighted by Gasteiger charge is 2.30. The van der Waals surface area contributed by atoms with E-state index < -0.39 is 0 Å². The van der Waals surface area contributed by atoms with E-state index in [2.05, 4.69) is 31.3 Å². The normalized spacial score (nSPS) is 12.5. The van der Waals surface area contributed by atoms with Crippen LogP contribution in [0.3, 0.4) is 0 Å². The monoisotopic (exact) mass is 505 g/mol. The number of carbonyl (C=O) groups excluding carboxylic acids is 1. The highest BCUT2D eigenvalue weighted by Crippen LogP contribution is 2.39. The Morgan fingerprint density at radius 2 is 1.88 bits per heavy atom. The van der Waals surface area contributed by atoms with Gasteiger partial charge < -0.3 is 15.2 Å². The number of benzene rings is 2. The summed E-state index contributed by atoms with van der Waals surface area (Å²) in [5.41, 5.74) is 3.33. The van der Waals surface area contributed by atoms with Gasteiger partial charge in [0.25, 0.3) is 0 Å². The number of nitrogens with one attached hydrogen (secondary N) is 1. The molecule has 1 aliphatic heterocycles. The molecule has 0 saturated heterocycles. The quantitative estimate of drug-likeness (QED) is 0.408. The van der Waals surface area contributed by atoms with Gasteiger partial charge >= 0.3 is 6.03 Å². The molecule has 2 aromatic heterocycles. The molecule has 0 fully saturated rings. The third kappa shape index (κ3) is 3.91. The molecule has 2 amide bonds. The second-order valence-corrected chi connectivity index (χ2v) is 8.39. The molecule has 8 nitrogen and oxygen atoms in total. The summed E-state index contributed by atoms with van der Waals surface area (Å²) in [5, 5.41) is 18.6. The molecule has 0 aliphatic carbocycles. The van der Waals surface area contributed by atoms with E-state index in [9.17, 15) is 9.90 Å². The Morgan fingerprint density at radius 3 is 2.61 bits per heavy atom. The fourth-order valence-electron chi connectivity index (χ4n) is 3.84. The first kappa shape index (κ1) is 21.0. The number of nitrogens with zero attached hydrogens (tertiary/aromatic N) is 4. The van der Waals surface area contributed by atoms with Crippen LogP contribution in [0, 0.1) is 0 Å². The highest BCUT2D eigenvalue weighted by molar-refractivity contribution is 9.10. The van der Waals surface area contributed by atoms with Gasteiger partial charge in [0.05, 0.1) is 12.8 Å². The molecule has 2 aromatic carbocycles. The van der Waals surface area contributed by atoms with Gasteiger partial charge in [-0.25, -0.2) is 14.5 Å². The van der Waals surface area contributed by atoms with Crippen LogP contribution in [-0.2, 0) is 6.42 Å². The molecule has 33 heavy (non-hydrogen) atoms. The molecule has 2 N–H and O–H groups in total. The molecule has 0 saturated carbocycles. The number of hydrogen-bond donors (Lipinski definition) is 2. The number of pyridine rings is 1. The van der Waals surface area contributed by atoms with Crippen molar-refractivity contribution in [3.63, 3.8) is 0 Å². The zero-order valence-corrected chi connectivity index (χ0v) is 19.3. The maximum absolute atomic E-state index is 13.1. The van der Waals surface area contributed by atoms with Crippen LogP contribution >= 0.6 is 15.9 Å². The molecule has 0 atom stereocenters. The van der Waals surface area contributed by atoms with E-state index in [1.165, 1.54) is 4.68 Å². The lowest BCUT2D eigenvalue weighted by Gasteiger charge is -2.22. The van der Waals surface area contributed by atoms with E-state index in [4.69, 9.17) is 4.74 Å². The zero-order valence-electron chi connectivity index (χ0n) is 17.7. The van der Waals surface area contributed by atoms with Crippen molar-refractivity contribution in [1.29, 1.82) is 0 Å². The number of amides is 2. The molecule has 9 heteroatoms. The van der Waals surface area contributed by atoms with Crippen LogP contribution in [0.2, 0.25) is 0 Å². The largest absolute Gasteiger partial charge is 0.497 e. The van der Waals surface area contributed by atoms with Gasteiger partial charge in [0, 0.05) is 34.0 Å². The number of aromatic hydroxyl groups is 1. The molecule has 1 aliphatic rings. The van der Waals surface area contributed by atoms with E-state index in [0.29, 0.717) is 52.7 Å². The minimum absolute atomic E-state index is 0.0418. The number of hydrogen-bond acceptors (Lipinski definition) is 5. The summed E-state index contributed by atoms with van der Waals surface area (Å²) in [6.45, 7) is 0.335. The number of urea groups is 1. The minimum atomic E-state index is -0.301. The van der Waals surface area contributed by atoms with E-state index in [1.807, 2.05) is 54.6 Å². The van der Waals surface area contributed by atoms with Gasteiger partial charge in [-0.3, -0.25) is 4.90 Å². The second kappa shape index (κ2) is 8.59. The number of ether oxygens (including phenoxy) is 1. The lowest BCUT2D eigenvalue weighted by Crippen LogP contribution is -2.36. The third-order valence-electron chi connectivity index (χ3n) is 5.50. The predicted molar refractivity (Wildman–Crippen MR) is 129 cm³/mol. The van der Waals surface area contributed by atoms with Crippen molar-refractivity contribution in [1.82, 2.24) is 14.8 Å². The molecule has 4 aromatic rings. The molecule has 5 rings (SSSR count). The van der Waals surface area contributed by atoms with E-state index in [0.717, 1.165) is 4.47 Å². The Morgan fingerprint density at radius 1 is 1.12 bits per heavy atom. The van der Waals surface area contributed by atoms with Gasteiger partial charge in [-0.15, -0.1) is 0 Å². The SMILES string of the molecule is COc1ccc(-n2nc3c(c2O)CCN(C(=O)Nc2ccc(Br)cc2)c2ncccc2-3)cc1. The van der Waals surface area contributed by atoms with Crippen LogP contribution < -0.4 is 15.0 Å². The molecule has 3 heterocycles. The Balaban J connectivity index is 1.52. The minimum Gasteiger partial charge on any atom is -0.497 e. The first-order valence-corrected chi connectivity index (χ1v) is 11.1. The van der Waals surface area contributed by atoms with Crippen molar-refractivity contribution in [2.45, 2.75) is 6.42 Å². The van der Waals surface area contributed by atoms with Crippen LogP contribution in [0.15, 0.2) is 71.3 Å². The maximum Gasteiger partial charge on any atom is 0.327 e. The van der Waals surface area contributed by atoms with Crippen LogP contribution in [0.1, 0.15) is 5.56 Å². The van der Waals surface area contributed by atoms with Crippen molar-refractivity contribution < 1.29 is 14.6 Å². The van der Waals surface area contributed by atoms with Gasteiger partial charge in [-0.1, -0.05) is 15.9 Å². The Kier molecular flexibility index (Phi) is 5.47. The molecule has 0 radical (unpaired) electrons. The van der Waals surface area contributed by atoms with Gasteiger partial charge in [-0.2, -0.15) is 5.10 Å². The smallest absolute Gasteiger partial charge is 0.327 e. The van der Waals surface area contributed by atoms with E-state index >= 15 is 0 Å². The fraction of sp³-hybridized carbons (Fsp3) is 0.125. The Hall–Kier alpha value is -3.85. The van der Waals surface area contributed by atoms with Crippen molar-refractivity contribution in [2.24, 2.45) is 0 Å². The van der Waals surface area contributed by atoms with E-state index in [-0.39, 0.29) is 11.9 Å². The van der Waals surface area contributed by atoms with Crippen LogP contribution in [-0.4, -0.2) is 39.6 Å². The number of anilines is 2. The fourth-order valence-corrected chi connectivity index (χ4v) is 4.10. The highest BCUT2D eigenvalue weighted by atomic mass is 79.9. The van der Waals surface area contributed by atoms with Crippen LogP contribution in [0.25, 0.3) is 16.9 Å². The standard InChI is InChI=1S/C24H20BrN5O3/c1-33-18-10-8-17(9-11-18)30-23(31)20-12-14-29(22-19(21(20)28-30)3-2-13-26-22)24(32)27-16-6-4-15(25)5-7-16/h2-11,13,31H,12,14H2,1H3,(H,27,32). The van der Waals surface area contributed by atoms with Crippen molar-refractivity contribution in [3.8, 4) is 28.6 Å². The number of aromatic nitrogens is 3. The molecule has 0 unspecified atom stereocenters. The average Bonchev–Trinajstić information content (AvgIpc) is 3.07. The number of fused-ring (bicyclic) bond motifs is 3. The second-order valence-electron chi connectivity index (χ2n) is 7.47. The number of methoxy groups -OCH3 is 1. The summed E-state index contributed by atoms with van der Waals surface area (Å²) in [6.07, 6.45) is 2.06. The summed E-state index contributed by atoms with van der Waals surface area (Å²) >= 11 is 3.40. The Labute approximate surface area is 198 Å². The molecular weight excluding hydrogens is 486 g/mol.